The molecule has 0 aliphatic carbocycles. The van der Waals surface area contributed by atoms with Gasteiger partial charge in [0.1, 0.15) is 22.9 Å². The van der Waals surface area contributed by atoms with Gasteiger partial charge in [-0.05, 0) is 73.8 Å². The maximum Gasteiger partial charge on any atom is 0.256 e. The van der Waals surface area contributed by atoms with Crippen molar-refractivity contribution in [2.45, 2.75) is 18.8 Å². The van der Waals surface area contributed by atoms with E-state index in [-0.39, 0.29) is 22.8 Å². The van der Waals surface area contributed by atoms with Crippen LogP contribution < -0.4 is 32.3 Å². The average molecular weight is 504 g/mol. The highest BCUT2D eigenvalue weighted by molar-refractivity contribution is 6.01. The summed E-state index contributed by atoms with van der Waals surface area (Å²) < 4.78 is 20.6. The molecular weight excluding hydrogens is 477 g/mol. The molecule has 5 rings (SSSR count). The van der Waals surface area contributed by atoms with E-state index in [2.05, 4.69) is 20.6 Å². The van der Waals surface area contributed by atoms with Crippen molar-refractivity contribution < 1.29 is 13.9 Å². The highest BCUT2D eigenvalue weighted by atomic mass is 19.1. The molecule has 2 aromatic carbocycles. The lowest BCUT2D eigenvalue weighted by Gasteiger charge is -2.24. The van der Waals surface area contributed by atoms with Crippen molar-refractivity contribution in [1.82, 2.24) is 19.9 Å². The van der Waals surface area contributed by atoms with E-state index in [9.17, 15) is 14.0 Å². The number of rotatable bonds is 6. The Morgan fingerprint density at radius 3 is 2.59 bits per heavy atom. The summed E-state index contributed by atoms with van der Waals surface area (Å²) in [5.74, 6) is -0.402. The summed E-state index contributed by atoms with van der Waals surface area (Å²) in [4.78, 5) is 33.9. The second-order valence-corrected chi connectivity index (χ2v) is 8.81. The first-order valence-electron chi connectivity index (χ1n) is 11.8. The molecular formula is C26H26FN7O3. The maximum absolute atomic E-state index is 13.6. The highest BCUT2D eigenvalue weighted by Crippen LogP contribution is 2.34. The molecule has 1 fully saturated rings. The normalized spacial score (nSPS) is 14.0. The summed E-state index contributed by atoms with van der Waals surface area (Å²) in [7, 11) is 1.59. The van der Waals surface area contributed by atoms with Gasteiger partial charge >= 0.3 is 0 Å². The van der Waals surface area contributed by atoms with Crippen LogP contribution in [0.1, 0.15) is 34.7 Å². The number of hydrogen-bond acceptors (Lipinski definition) is 8. The Bertz CT molecular complexity index is 1550. The van der Waals surface area contributed by atoms with E-state index >= 15 is 0 Å². The van der Waals surface area contributed by atoms with Gasteiger partial charge in [-0.1, -0.05) is 6.07 Å². The Balaban J connectivity index is 1.60. The number of methoxy groups -OCH3 is 1. The Hall–Kier alpha value is -4.51. The van der Waals surface area contributed by atoms with E-state index < -0.39 is 22.7 Å². The first-order chi connectivity index (χ1) is 17.9. The van der Waals surface area contributed by atoms with Crippen molar-refractivity contribution in [2.75, 3.05) is 31.2 Å². The summed E-state index contributed by atoms with van der Waals surface area (Å²) in [6.45, 7) is 1.96. The zero-order chi connectivity index (χ0) is 26.1. The Kier molecular flexibility index (Phi) is 6.45. The van der Waals surface area contributed by atoms with Gasteiger partial charge < -0.3 is 26.8 Å². The highest BCUT2D eigenvalue weighted by Gasteiger charge is 2.22. The number of halogens is 1. The molecule has 6 N–H and O–H groups in total. The molecule has 1 aliphatic heterocycles. The number of nitrogens with one attached hydrogen (secondary N) is 2. The van der Waals surface area contributed by atoms with Crippen LogP contribution in [-0.4, -0.2) is 40.6 Å². The van der Waals surface area contributed by atoms with Crippen molar-refractivity contribution in [2.24, 2.45) is 5.73 Å². The van der Waals surface area contributed by atoms with Gasteiger partial charge in [0.05, 0.1) is 18.2 Å². The molecule has 0 unspecified atom stereocenters. The third-order valence-electron chi connectivity index (χ3n) is 6.56. The molecule has 1 aliphatic rings. The third-order valence-corrected chi connectivity index (χ3v) is 6.56. The number of nitrogens with zero attached hydrogens (tertiary/aromatic N) is 3. The third kappa shape index (κ3) is 4.56. The number of ether oxygens (including phenoxy) is 1. The largest absolute Gasteiger partial charge is 0.495 e. The predicted molar refractivity (Wildman–Crippen MR) is 139 cm³/mol. The number of piperidine rings is 1. The fraction of sp³-hybridized carbons (Fsp3) is 0.231. The van der Waals surface area contributed by atoms with Crippen LogP contribution in [0.4, 0.5) is 21.8 Å². The predicted octanol–water partition coefficient (Wildman–Crippen LogP) is 2.82. The number of anilines is 3. The summed E-state index contributed by atoms with van der Waals surface area (Å²) >= 11 is 0. The van der Waals surface area contributed by atoms with Gasteiger partial charge in [-0.2, -0.15) is 4.98 Å². The molecule has 190 valence electrons. The number of amides is 1. The van der Waals surface area contributed by atoms with E-state index in [0.717, 1.165) is 25.9 Å². The second-order valence-electron chi connectivity index (χ2n) is 8.81. The minimum absolute atomic E-state index is 0.0334. The Morgan fingerprint density at radius 2 is 1.92 bits per heavy atom. The van der Waals surface area contributed by atoms with Gasteiger partial charge in [-0.25, -0.2) is 9.37 Å². The van der Waals surface area contributed by atoms with Crippen LogP contribution in [0.2, 0.25) is 0 Å². The Morgan fingerprint density at radius 1 is 1.19 bits per heavy atom. The maximum atomic E-state index is 13.6. The van der Waals surface area contributed by atoms with Gasteiger partial charge in [-0.3, -0.25) is 14.2 Å². The van der Waals surface area contributed by atoms with Gasteiger partial charge in [-0.15, -0.1) is 0 Å². The number of carbonyl (C=O) groups excluding carboxylic acids is 1. The van der Waals surface area contributed by atoms with E-state index in [1.807, 2.05) is 18.2 Å². The standard InChI is InChI=1S/C26H26FN7O3/c1-37-20-12-15(14-8-10-30-11-9-14)2-7-19(20)32-26-31-13-18-22(35)21(24(29)36)23(28)34(25(18)33-26)17-5-3-16(27)4-6-17/h2-7,12-14,30H,8-11,28H2,1H3,(H2,29,36)(H,31,32,33). The number of nitrogens with two attached hydrogens (primary N) is 2. The fourth-order valence-electron chi connectivity index (χ4n) is 4.67. The number of primary amides is 1. The molecule has 0 spiro atoms. The van der Waals surface area contributed by atoms with Crippen molar-refractivity contribution in [1.29, 1.82) is 0 Å². The molecule has 0 radical (unpaired) electrons. The average Bonchev–Trinajstić information content (AvgIpc) is 2.90. The summed E-state index contributed by atoms with van der Waals surface area (Å²) in [6.07, 6.45) is 3.41. The smallest absolute Gasteiger partial charge is 0.256 e. The molecule has 2 aromatic heterocycles. The summed E-state index contributed by atoms with van der Waals surface area (Å²) in [5.41, 5.74) is 12.9. The first kappa shape index (κ1) is 24.2. The summed E-state index contributed by atoms with van der Waals surface area (Å²) in [6, 6.07) is 11.3. The second kappa shape index (κ2) is 9.86. The SMILES string of the molecule is COc1cc(C2CCNCC2)ccc1Nc1ncc2c(=O)c(C(N)=O)c(N)n(-c3ccc(F)cc3)c2n1. The molecule has 0 saturated carbocycles. The van der Waals surface area contributed by atoms with Crippen LogP contribution >= 0.6 is 0 Å². The molecule has 11 heteroatoms. The first-order valence-corrected chi connectivity index (χ1v) is 11.8. The van der Waals surface area contributed by atoms with Crippen molar-refractivity contribution in [3.63, 3.8) is 0 Å². The zero-order valence-electron chi connectivity index (χ0n) is 20.1. The number of benzene rings is 2. The van der Waals surface area contributed by atoms with E-state index in [1.165, 1.54) is 40.6 Å². The molecule has 0 atom stereocenters. The van der Waals surface area contributed by atoms with Crippen molar-refractivity contribution in [3.8, 4) is 11.4 Å². The van der Waals surface area contributed by atoms with E-state index in [1.54, 1.807) is 7.11 Å². The number of carbonyl (C=O) groups is 1. The fourth-order valence-corrected chi connectivity index (χ4v) is 4.67. The van der Waals surface area contributed by atoms with Crippen molar-refractivity contribution in [3.05, 3.63) is 75.8 Å². The molecule has 10 nitrogen and oxygen atoms in total. The number of fused-ring (bicyclic) bond motifs is 1. The monoisotopic (exact) mass is 503 g/mol. The quantitative estimate of drug-likeness (QED) is 0.314. The van der Waals surface area contributed by atoms with E-state index in [0.29, 0.717) is 23.0 Å². The number of hydrogen-bond donors (Lipinski definition) is 4. The van der Waals surface area contributed by atoms with E-state index in [4.69, 9.17) is 16.2 Å². The number of aromatic nitrogens is 3. The molecule has 0 bridgehead atoms. The zero-order valence-corrected chi connectivity index (χ0v) is 20.1. The van der Waals surface area contributed by atoms with Crippen molar-refractivity contribution >= 4 is 34.4 Å². The van der Waals surface area contributed by atoms with Gasteiger partial charge in [0.2, 0.25) is 11.4 Å². The van der Waals surface area contributed by atoms with Crippen LogP contribution in [0.15, 0.2) is 53.5 Å². The van der Waals surface area contributed by atoms with Crippen LogP contribution in [0, 0.1) is 5.82 Å². The van der Waals surface area contributed by atoms with Crippen LogP contribution in [0.3, 0.4) is 0 Å². The Labute approximate surface area is 211 Å². The van der Waals surface area contributed by atoms with Crippen LogP contribution in [-0.2, 0) is 0 Å². The van der Waals surface area contributed by atoms with Crippen LogP contribution in [0.25, 0.3) is 16.7 Å². The lowest BCUT2D eigenvalue weighted by atomic mass is 9.90. The molecule has 37 heavy (non-hydrogen) atoms. The molecule has 3 heterocycles. The number of nitrogen functional groups attached to an aromatic ring is 1. The summed E-state index contributed by atoms with van der Waals surface area (Å²) in [5, 5.41) is 6.55. The van der Waals surface area contributed by atoms with Gasteiger partial charge in [0, 0.05) is 11.9 Å². The van der Waals surface area contributed by atoms with Crippen LogP contribution in [0.5, 0.6) is 5.75 Å². The topological polar surface area (TPSA) is 150 Å². The molecule has 1 saturated heterocycles. The number of pyridine rings is 1. The van der Waals surface area contributed by atoms with Gasteiger partial charge in [0.15, 0.2) is 5.65 Å². The molecule has 1 amide bonds. The lowest BCUT2D eigenvalue weighted by molar-refractivity contribution is 0.1000. The molecule has 4 aromatic rings. The minimum atomic E-state index is -0.985. The lowest BCUT2D eigenvalue weighted by Crippen LogP contribution is -2.27. The minimum Gasteiger partial charge on any atom is -0.495 e. The van der Waals surface area contributed by atoms with Gasteiger partial charge in [0.25, 0.3) is 5.91 Å².